The summed E-state index contributed by atoms with van der Waals surface area (Å²) in [4.78, 5) is 23.0. The van der Waals surface area contributed by atoms with Crippen LogP contribution >= 0.6 is 35.0 Å². The van der Waals surface area contributed by atoms with E-state index in [-0.39, 0.29) is 22.9 Å². The lowest BCUT2D eigenvalue weighted by molar-refractivity contribution is -0.254. The van der Waals surface area contributed by atoms with Crippen molar-refractivity contribution in [3.8, 4) is 0 Å². The fourth-order valence-electron chi connectivity index (χ4n) is 1.83. The summed E-state index contributed by atoms with van der Waals surface area (Å²) in [6, 6.07) is 11.5. The molecule has 4 nitrogen and oxygen atoms in total. The van der Waals surface area contributed by atoms with E-state index in [0.29, 0.717) is 15.8 Å². The van der Waals surface area contributed by atoms with Gasteiger partial charge in [-0.2, -0.15) is 0 Å². The summed E-state index contributed by atoms with van der Waals surface area (Å²) in [5, 5.41) is 14.6. The molecule has 2 rings (SSSR count). The first kappa shape index (κ1) is 17.7. The first-order valence-corrected chi connectivity index (χ1v) is 8.49. The molecular weight excluding hydrogens is 357 g/mol. The predicted octanol–water partition coefficient (Wildman–Crippen LogP) is 3.23. The number of amides is 1. The fraction of sp³-hybridized carbons (Fsp3) is 0.125. The largest absolute Gasteiger partial charge is 0.545 e. The molecule has 7 heteroatoms. The van der Waals surface area contributed by atoms with Gasteiger partial charge in [0.05, 0.1) is 17.4 Å². The summed E-state index contributed by atoms with van der Waals surface area (Å²) in [7, 11) is 0. The summed E-state index contributed by atoms with van der Waals surface area (Å²) in [5.74, 6) is -0.853. The van der Waals surface area contributed by atoms with Gasteiger partial charge in [0.15, 0.2) is 0 Å². The number of hydrogen-bond donors (Lipinski definition) is 1. The number of benzene rings is 2. The Morgan fingerprint density at radius 3 is 2.35 bits per heavy atom. The fourth-order valence-corrected chi connectivity index (χ4v) is 2.91. The van der Waals surface area contributed by atoms with Gasteiger partial charge >= 0.3 is 0 Å². The van der Waals surface area contributed by atoms with Crippen LogP contribution in [0.15, 0.2) is 42.5 Å². The lowest BCUT2D eigenvalue weighted by atomic mass is 10.2. The van der Waals surface area contributed by atoms with E-state index < -0.39 is 5.97 Å². The molecule has 2 aromatic rings. The molecule has 1 N–H and O–H groups in total. The van der Waals surface area contributed by atoms with Crippen LogP contribution in [-0.4, -0.2) is 17.6 Å². The van der Waals surface area contributed by atoms with Crippen molar-refractivity contribution in [2.24, 2.45) is 0 Å². The van der Waals surface area contributed by atoms with Gasteiger partial charge in [-0.05, 0) is 35.9 Å². The van der Waals surface area contributed by atoms with E-state index in [0.717, 1.165) is 5.56 Å². The molecule has 0 saturated carbocycles. The van der Waals surface area contributed by atoms with E-state index in [9.17, 15) is 14.7 Å². The lowest BCUT2D eigenvalue weighted by Crippen LogP contribution is -2.25. The van der Waals surface area contributed by atoms with Crippen molar-refractivity contribution in [1.82, 2.24) is 0 Å². The highest BCUT2D eigenvalue weighted by atomic mass is 35.5. The Kier molecular flexibility index (Phi) is 6.33. The molecule has 0 spiro atoms. The monoisotopic (exact) mass is 368 g/mol. The van der Waals surface area contributed by atoms with Crippen molar-refractivity contribution in [3.05, 3.63) is 63.6 Å². The summed E-state index contributed by atoms with van der Waals surface area (Å²) >= 11 is 13.0. The Balaban J connectivity index is 1.91. The van der Waals surface area contributed by atoms with Crippen LogP contribution in [0.1, 0.15) is 15.9 Å². The van der Waals surface area contributed by atoms with Gasteiger partial charge < -0.3 is 15.2 Å². The number of thioether (sulfide) groups is 1. The molecule has 0 bridgehead atoms. The van der Waals surface area contributed by atoms with E-state index in [1.165, 1.54) is 30.0 Å². The van der Waals surface area contributed by atoms with E-state index in [2.05, 4.69) is 5.32 Å². The minimum Gasteiger partial charge on any atom is -0.545 e. The number of carboxylic acid groups (broad SMARTS) is 1. The van der Waals surface area contributed by atoms with Gasteiger partial charge in [-0.1, -0.05) is 35.3 Å². The molecule has 0 atom stereocenters. The molecule has 0 fully saturated rings. The Morgan fingerprint density at radius 2 is 1.70 bits per heavy atom. The Bertz CT molecular complexity index is 720. The first-order valence-electron chi connectivity index (χ1n) is 6.58. The third-order valence-corrected chi connectivity index (χ3v) is 4.38. The Morgan fingerprint density at radius 1 is 1.04 bits per heavy atom. The summed E-state index contributed by atoms with van der Waals surface area (Å²) in [6.07, 6.45) is 0. The maximum Gasteiger partial charge on any atom is 0.234 e. The Labute approximate surface area is 147 Å². The van der Waals surface area contributed by atoms with Gasteiger partial charge in [-0.25, -0.2) is 0 Å². The average Bonchev–Trinajstić information content (AvgIpc) is 2.49. The van der Waals surface area contributed by atoms with Gasteiger partial charge in [-0.15, -0.1) is 11.8 Å². The van der Waals surface area contributed by atoms with Crippen LogP contribution < -0.4 is 10.4 Å². The number of anilines is 1. The van der Waals surface area contributed by atoms with Crippen molar-refractivity contribution in [1.29, 1.82) is 0 Å². The molecule has 0 unspecified atom stereocenters. The van der Waals surface area contributed by atoms with Crippen molar-refractivity contribution < 1.29 is 14.7 Å². The number of carbonyl (C=O) groups is 2. The summed E-state index contributed by atoms with van der Waals surface area (Å²) < 4.78 is 0. The van der Waals surface area contributed by atoms with Crippen molar-refractivity contribution >= 4 is 52.5 Å². The summed E-state index contributed by atoms with van der Waals surface area (Å²) in [5.41, 5.74) is 1.07. The van der Waals surface area contributed by atoms with Crippen molar-refractivity contribution in [3.63, 3.8) is 0 Å². The maximum atomic E-state index is 11.9. The maximum absolute atomic E-state index is 11.9. The second kappa shape index (κ2) is 8.24. The molecule has 0 aliphatic heterocycles. The number of carbonyl (C=O) groups excluding carboxylic acids is 2. The number of nitrogens with one attached hydrogen (secondary N) is 1. The quantitative estimate of drug-likeness (QED) is 0.849. The molecule has 0 aliphatic carbocycles. The van der Waals surface area contributed by atoms with Crippen LogP contribution in [0, 0.1) is 0 Å². The smallest absolute Gasteiger partial charge is 0.234 e. The molecule has 1 amide bonds. The first-order chi connectivity index (χ1) is 11.0. The molecule has 0 aliphatic rings. The molecule has 23 heavy (non-hydrogen) atoms. The number of rotatable bonds is 6. The highest BCUT2D eigenvalue weighted by Gasteiger charge is 2.09. The topological polar surface area (TPSA) is 69.2 Å². The highest BCUT2D eigenvalue weighted by Crippen LogP contribution is 2.21. The third kappa shape index (κ3) is 5.46. The molecular formula is C16H12Cl2NO3S-. The predicted molar refractivity (Wildman–Crippen MR) is 92.0 cm³/mol. The molecule has 0 saturated heterocycles. The number of hydrogen-bond acceptors (Lipinski definition) is 4. The SMILES string of the molecule is O=C(CSCc1ccc(Cl)cc1)Nc1cc(Cl)ccc1C(=O)[O-]. The van der Waals surface area contributed by atoms with Gasteiger partial charge in [0.2, 0.25) is 5.91 Å². The minimum absolute atomic E-state index is 0.106. The van der Waals surface area contributed by atoms with Crippen LogP contribution in [-0.2, 0) is 10.5 Å². The van der Waals surface area contributed by atoms with Crippen LogP contribution in [0.5, 0.6) is 0 Å². The molecule has 0 heterocycles. The zero-order valence-electron chi connectivity index (χ0n) is 11.8. The molecule has 0 aromatic heterocycles. The van der Waals surface area contributed by atoms with Crippen LogP contribution in [0.25, 0.3) is 0 Å². The van der Waals surface area contributed by atoms with Crippen molar-refractivity contribution in [2.45, 2.75) is 5.75 Å². The van der Waals surface area contributed by atoms with E-state index in [1.54, 1.807) is 12.1 Å². The van der Waals surface area contributed by atoms with Crippen LogP contribution in [0.3, 0.4) is 0 Å². The van der Waals surface area contributed by atoms with Gasteiger partial charge in [-0.3, -0.25) is 4.79 Å². The van der Waals surface area contributed by atoms with E-state index >= 15 is 0 Å². The standard InChI is InChI=1S/C16H13Cl2NO3S/c17-11-3-1-10(2-4-11)8-23-9-15(20)19-14-7-12(18)5-6-13(14)16(21)22/h1-7H,8-9H2,(H,19,20)(H,21,22)/p-1. The number of halogens is 2. The highest BCUT2D eigenvalue weighted by molar-refractivity contribution is 7.99. The molecule has 2 aromatic carbocycles. The summed E-state index contributed by atoms with van der Waals surface area (Å²) in [6.45, 7) is 0. The number of carboxylic acids is 1. The number of aromatic carboxylic acids is 1. The molecule has 120 valence electrons. The van der Waals surface area contributed by atoms with E-state index in [4.69, 9.17) is 23.2 Å². The second-order valence-electron chi connectivity index (χ2n) is 4.64. The Hall–Kier alpha value is -1.69. The van der Waals surface area contributed by atoms with Crippen LogP contribution in [0.4, 0.5) is 5.69 Å². The zero-order chi connectivity index (χ0) is 16.8. The van der Waals surface area contributed by atoms with Gasteiger partial charge in [0.1, 0.15) is 0 Å². The van der Waals surface area contributed by atoms with Gasteiger partial charge in [0, 0.05) is 21.4 Å². The minimum atomic E-state index is -1.37. The van der Waals surface area contributed by atoms with Crippen LogP contribution in [0.2, 0.25) is 10.0 Å². The lowest BCUT2D eigenvalue weighted by Gasteiger charge is -2.12. The zero-order valence-corrected chi connectivity index (χ0v) is 14.2. The third-order valence-electron chi connectivity index (χ3n) is 2.89. The van der Waals surface area contributed by atoms with E-state index in [1.807, 2.05) is 12.1 Å². The van der Waals surface area contributed by atoms with Gasteiger partial charge in [0.25, 0.3) is 0 Å². The molecule has 0 radical (unpaired) electrons. The second-order valence-corrected chi connectivity index (χ2v) is 6.50. The van der Waals surface area contributed by atoms with Crippen molar-refractivity contribution in [2.75, 3.05) is 11.1 Å². The average molecular weight is 369 g/mol. The normalized spacial score (nSPS) is 10.3.